The van der Waals surface area contributed by atoms with Gasteiger partial charge in [0.15, 0.2) is 0 Å². The molecule has 0 bridgehead atoms. The minimum absolute atomic E-state index is 0.00762. The van der Waals surface area contributed by atoms with Crippen LogP contribution in [0.3, 0.4) is 0 Å². The lowest BCUT2D eigenvalue weighted by molar-refractivity contribution is -0.114. The van der Waals surface area contributed by atoms with E-state index in [-0.39, 0.29) is 15.8 Å². The Hall–Kier alpha value is -2.25. The second-order valence-electron chi connectivity index (χ2n) is 4.66. The number of halogens is 1. The molecule has 0 radical (unpaired) electrons. The summed E-state index contributed by atoms with van der Waals surface area (Å²) in [6, 6.07) is 10.6. The van der Waals surface area contributed by atoms with E-state index in [2.05, 4.69) is 10.0 Å². The molecule has 0 aliphatic heterocycles. The number of hydrogen-bond donors (Lipinski definition) is 2. The van der Waals surface area contributed by atoms with Gasteiger partial charge in [-0.3, -0.25) is 9.52 Å². The molecule has 0 aromatic heterocycles. The zero-order valence-electron chi connectivity index (χ0n) is 12.5. The molecule has 1 amide bonds. The van der Waals surface area contributed by atoms with Crippen LogP contribution in [0.15, 0.2) is 47.4 Å². The first-order valence-corrected chi connectivity index (χ1v) is 8.42. The summed E-state index contributed by atoms with van der Waals surface area (Å²) < 4.78 is 32.2. The Kier molecular flexibility index (Phi) is 5.12. The van der Waals surface area contributed by atoms with Gasteiger partial charge < -0.3 is 10.1 Å². The predicted octanol–water partition coefficient (Wildman–Crippen LogP) is 3.11. The molecule has 0 aliphatic carbocycles. The minimum Gasteiger partial charge on any atom is -0.495 e. The van der Waals surface area contributed by atoms with E-state index in [0.717, 1.165) is 0 Å². The Balaban J connectivity index is 2.27. The molecule has 2 aromatic rings. The van der Waals surface area contributed by atoms with Crippen LogP contribution in [0.1, 0.15) is 6.92 Å². The highest BCUT2D eigenvalue weighted by atomic mass is 35.5. The number of methoxy groups -OCH3 is 1. The van der Waals surface area contributed by atoms with Crippen LogP contribution in [-0.2, 0) is 14.8 Å². The molecule has 122 valence electrons. The highest BCUT2D eigenvalue weighted by Crippen LogP contribution is 2.28. The fourth-order valence-corrected chi connectivity index (χ4v) is 3.29. The number of rotatable bonds is 5. The standard InChI is InChI=1S/C15H15ClN2O4S/c1-10(19)17-11-4-3-5-12(8-11)18-23(20,21)13-6-7-15(22-2)14(16)9-13/h3-9,18H,1-2H3,(H,17,19). The summed E-state index contributed by atoms with van der Waals surface area (Å²) in [6.45, 7) is 1.37. The van der Waals surface area contributed by atoms with Gasteiger partial charge in [0.25, 0.3) is 10.0 Å². The second kappa shape index (κ2) is 6.89. The van der Waals surface area contributed by atoms with Crippen molar-refractivity contribution >= 4 is 38.9 Å². The smallest absolute Gasteiger partial charge is 0.261 e. The van der Waals surface area contributed by atoms with E-state index >= 15 is 0 Å². The Bertz CT molecular complexity index is 837. The van der Waals surface area contributed by atoms with E-state index in [9.17, 15) is 13.2 Å². The zero-order valence-corrected chi connectivity index (χ0v) is 14.0. The first kappa shape index (κ1) is 17.1. The third kappa shape index (κ3) is 4.37. The normalized spacial score (nSPS) is 10.9. The SMILES string of the molecule is COc1ccc(S(=O)(=O)Nc2cccc(NC(C)=O)c2)cc1Cl. The van der Waals surface area contributed by atoms with Crippen LogP contribution in [0.5, 0.6) is 5.75 Å². The molecule has 0 saturated heterocycles. The van der Waals surface area contributed by atoms with Gasteiger partial charge in [0.2, 0.25) is 5.91 Å². The van der Waals surface area contributed by atoms with Gasteiger partial charge in [-0.2, -0.15) is 0 Å². The number of benzene rings is 2. The molecule has 8 heteroatoms. The molecule has 0 saturated carbocycles. The molecule has 2 aromatic carbocycles. The lowest BCUT2D eigenvalue weighted by Crippen LogP contribution is -2.13. The summed E-state index contributed by atoms with van der Waals surface area (Å²) in [5, 5.41) is 2.78. The third-order valence-corrected chi connectivity index (χ3v) is 4.54. The van der Waals surface area contributed by atoms with Crippen LogP contribution in [0, 0.1) is 0 Å². The highest BCUT2D eigenvalue weighted by molar-refractivity contribution is 7.92. The van der Waals surface area contributed by atoms with Crippen molar-refractivity contribution in [1.82, 2.24) is 0 Å². The van der Waals surface area contributed by atoms with Gasteiger partial charge in [0, 0.05) is 12.6 Å². The molecule has 2 N–H and O–H groups in total. The van der Waals surface area contributed by atoms with Crippen molar-refractivity contribution in [3.63, 3.8) is 0 Å². The number of sulfonamides is 1. The van der Waals surface area contributed by atoms with E-state index in [1.165, 1.54) is 38.3 Å². The fourth-order valence-electron chi connectivity index (χ4n) is 1.89. The number of nitrogens with one attached hydrogen (secondary N) is 2. The van der Waals surface area contributed by atoms with Gasteiger partial charge in [-0.1, -0.05) is 17.7 Å². The summed E-state index contributed by atoms with van der Waals surface area (Å²) in [7, 11) is -2.36. The maximum Gasteiger partial charge on any atom is 0.261 e. The topological polar surface area (TPSA) is 84.5 Å². The van der Waals surface area contributed by atoms with Crippen molar-refractivity contribution in [2.24, 2.45) is 0 Å². The lowest BCUT2D eigenvalue weighted by Gasteiger charge is -2.11. The summed E-state index contributed by atoms with van der Waals surface area (Å²) in [6.07, 6.45) is 0. The number of hydrogen-bond acceptors (Lipinski definition) is 4. The van der Waals surface area contributed by atoms with E-state index in [1.54, 1.807) is 18.2 Å². The molecule has 23 heavy (non-hydrogen) atoms. The van der Waals surface area contributed by atoms with Crippen molar-refractivity contribution in [3.8, 4) is 5.75 Å². The number of amides is 1. The molecule has 0 spiro atoms. The molecule has 0 unspecified atom stereocenters. The van der Waals surface area contributed by atoms with Crippen LogP contribution in [-0.4, -0.2) is 21.4 Å². The Morgan fingerprint density at radius 2 is 1.83 bits per heavy atom. The average Bonchev–Trinajstić information content (AvgIpc) is 2.46. The maximum atomic E-state index is 12.4. The highest BCUT2D eigenvalue weighted by Gasteiger charge is 2.16. The van der Waals surface area contributed by atoms with Gasteiger partial charge in [0.05, 0.1) is 22.7 Å². The van der Waals surface area contributed by atoms with Crippen molar-refractivity contribution in [2.45, 2.75) is 11.8 Å². The van der Waals surface area contributed by atoms with E-state index in [0.29, 0.717) is 17.1 Å². The third-order valence-electron chi connectivity index (χ3n) is 2.87. The number of carbonyl (C=O) groups excluding carboxylic acids is 1. The number of ether oxygens (including phenoxy) is 1. The maximum absolute atomic E-state index is 12.4. The Morgan fingerprint density at radius 3 is 2.43 bits per heavy atom. The first-order chi connectivity index (χ1) is 10.8. The molecule has 0 atom stereocenters. The fraction of sp³-hybridized carbons (Fsp3) is 0.133. The number of anilines is 2. The molecule has 0 heterocycles. The van der Waals surface area contributed by atoms with Crippen molar-refractivity contribution in [3.05, 3.63) is 47.5 Å². The van der Waals surface area contributed by atoms with Gasteiger partial charge in [-0.05, 0) is 36.4 Å². The summed E-state index contributed by atoms with van der Waals surface area (Å²) in [5.74, 6) is 0.144. The quantitative estimate of drug-likeness (QED) is 0.864. The summed E-state index contributed by atoms with van der Waals surface area (Å²) >= 11 is 5.96. The van der Waals surface area contributed by atoms with Crippen molar-refractivity contribution in [2.75, 3.05) is 17.1 Å². The van der Waals surface area contributed by atoms with E-state index in [4.69, 9.17) is 16.3 Å². The summed E-state index contributed by atoms with van der Waals surface area (Å²) in [5.41, 5.74) is 0.814. The van der Waals surface area contributed by atoms with Gasteiger partial charge in [-0.25, -0.2) is 8.42 Å². The monoisotopic (exact) mass is 354 g/mol. The van der Waals surface area contributed by atoms with Crippen LogP contribution >= 0.6 is 11.6 Å². The molecular formula is C15H15ClN2O4S. The molecule has 6 nitrogen and oxygen atoms in total. The minimum atomic E-state index is -3.81. The van der Waals surface area contributed by atoms with E-state index < -0.39 is 10.0 Å². The van der Waals surface area contributed by atoms with Crippen LogP contribution in [0.2, 0.25) is 5.02 Å². The molecular weight excluding hydrogens is 340 g/mol. The first-order valence-electron chi connectivity index (χ1n) is 6.56. The van der Waals surface area contributed by atoms with E-state index in [1.807, 2.05) is 0 Å². The second-order valence-corrected chi connectivity index (χ2v) is 6.75. The van der Waals surface area contributed by atoms with Crippen LogP contribution < -0.4 is 14.8 Å². The van der Waals surface area contributed by atoms with Gasteiger partial charge in [-0.15, -0.1) is 0 Å². The zero-order chi connectivity index (χ0) is 17.0. The van der Waals surface area contributed by atoms with Crippen molar-refractivity contribution in [1.29, 1.82) is 0 Å². The Labute approximate surface area is 139 Å². The molecule has 0 fully saturated rings. The van der Waals surface area contributed by atoms with Gasteiger partial charge >= 0.3 is 0 Å². The van der Waals surface area contributed by atoms with Crippen LogP contribution in [0.25, 0.3) is 0 Å². The molecule has 2 rings (SSSR count). The Morgan fingerprint density at radius 1 is 1.13 bits per heavy atom. The largest absolute Gasteiger partial charge is 0.495 e. The molecule has 0 aliphatic rings. The average molecular weight is 355 g/mol. The predicted molar refractivity (Wildman–Crippen MR) is 89.6 cm³/mol. The van der Waals surface area contributed by atoms with Gasteiger partial charge in [0.1, 0.15) is 5.75 Å². The lowest BCUT2D eigenvalue weighted by atomic mass is 10.3. The summed E-state index contributed by atoms with van der Waals surface area (Å²) in [4.78, 5) is 11.1. The van der Waals surface area contributed by atoms with Crippen molar-refractivity contribution < 1.29 is 17.9 Å². The van der Waals surface area contributed by atoms with Crippen LogP contribution in [0.4, 0.5) is 11.4 Å². The number of carbonyl (C=O) groups is 1.